The van der Waals surface area contributed by atoms with Gasteiger partial charge in [0.2, 0.25) is 5.92 Å². The zero-order valence-corrected chi connectivity index (χ0v) is 9.86. The Hall–Kier alpha value is -0.140. The first-order valence-electron chi connectivity index (χ1n) is 6.26. The van der Waals surface area contributed by atoms with Crippen molar-refractivity contribution >= 4 is 0 Å². The molecule has 15 heavy (non-hydrogen) atoms. The van der Waals surface area contributed by atoms with E-state index in [9.17, 15) is 8.78 Å². The molecule has 2 heteroatoms. The van der Waals surface area contributed by atoms with E-state index in [2.05, 4.69) is 13.8 Å². The van der Waals surface area contributed by atoms with E-state index < -0.39 is 5.92 Å². The molecule has 2 aliphatic carbocycles. The fraction of sp³-hybridized carbons (Fsp3) is 1.00. The summed E-state index contributed by atoms with van der Waals surface area (Å²) < 4.78 is 26.0. The largest absolute Gasteiger partial charge is 0.248 e. The molecular formula is C13H22F2. The SMILES string of the molecule is CC1(C)CCC(C2CCC(F)(F)CC2)C1. The van der Waals surface area contributed by atoms with Crippen LogP contribution in [0.4, 0.5) is 8.78 Å². The molecule has 0 bridgehead atoms. The molecule has 2 aliphatic rings. The molecule has 1 atom stereocenters. The molecule has 0 aromatic rings. The van der Waals surface area contributed by atoms with Crippen LogP contribution in [0.1, 0.15) is 58.8 Å². The van der Waals surface area contributed by atoms with Crippen LogP contribution in [-0.4, -0.2) is 5.92 Å². The van der Waals surface area contributed by atoms with Crippen LogP contribution in [0.25, 0.3) is 0 Å². The molecule has 2 saturated carbocycles. The van der Waals surface area contributed by atoms with Gasteiger partial charge >= 0.3 is 0 Å². The molecule has 0 N–H and O–H groups in total. The number of halogens is 2. The van der Waals surface area contributed by atoms with Gasteiger partial charge in [-0.3, -0.25) is 0 Å². The Morgan fingerprint density at radius 3 is 1.87 bits per heavy atom. The number of rotatable bonds is 1. The van der Waals surface area contributed by atoms with Crippen molar-refractivity contribution < 1.29 is 8.78 Å². The Balaban J connectivity index is 1.87. The molecule has 2 fully saturated rings. The monoisotopic (exact) mass is 216 g/mol. The van der Waals surface area contributed by atoms with Crippen molar-refractivity contribution in [2.45, 2.75) is 64.7 Å². The highest BCUT2D eigenvalue weighted by Crippen LogP contribution is 2.49. The first-order valence-corrected chi connectivity index (χ1v) is 6.26. The molecule has 0 nitrogen and oxygen atoms in total. The van der Waals surface area contributed by atoms with Gasteiger partial charge in [0.15, 0.2) is 0 Å². The fourth-order valence-electron chi connectivity index (χ4n) is 3.43. The average molecular weight is 216 g/mol. The third-order valence-electron chi connectivity index (χ3n) is 4.44. The Morgan fingerprint density at radius 2 is 1.40 bits per heavy atom. The smallest absolute Gasteiger partial charge is 0.207 e. The maximum absolute atomic E-state index is 13.0. The van der Waals surface area contributed by atoms with E-state index in [1.807, 2.05) is 0 Å². The summed E-state index contributed by atoms with van der Waals surface area (Å²) in [5.41, 5.74) is 0.463. The van der Waals surface area contributed by atoms with Gasteiger partial charge < -0.3 is 0 Å². The van der Waals surface area contributed by atoms with Crippen molar-refractivity contribution in [3.8, 4) is 0 Å². The molecule has 0 aromatic heterocycles. The minimum atomic E-state index is -2.36. The van der Waals surface area contributed by atoms with Crippen molar-refractivity contribution in [1.29, 1.82) is 0 Å². The lowest BCUT2D eigenvalue weighted by Crippen LogP contribution is -2.28. The molecule has 1 unspecified atom stereocenters. The predicted octanol–water partition coefficient (Wildman–Crippen LogP) is 4.64. The molecule has 0 saturated heterocycles. The first kappa shape index (κ1) is 11.3. The topological polar surface area (TPSA) is 0 Å². The number of hydrogen-bond donors (Lipinski definition) is 0. The molecule has 0 aromatic carbocycles. The molecule has 2 rings (SSSR count). The van der Waals surface area contributed by atoms with Gasteiger partial charge in [0.1, 0.15) is 0 Å². The molecule has 0 amide bonds. The van der Waals surface area contributed by atoms with Crippen LogP contribution < -0.4 is 0 Å². The number of hydrogen-bond acceptors (Lipinski definition) is 0. The second kappa shape index (κ2) is 3.71. The van der Waals surface area contributed by atoms with Crippen LogP contribution >= 0.6 is 0 Å². The Bertz CT molecular complexity index is 223. The van der Waals surface area contributed by atoms with Crippen molar-refractivity contribution in [2.24, 2.45) is 17.3 Å². The highest BCUT2D eigenvalue weighted by molar-refractivity contribution is 4.89. The van der Waals surface area contributed by atoms with Gasteiger partial charge in [0.25, 0.3) is 0 Å². The third-order valence-corrected chi connectivity index (χ3v) is 4.44. The highest BCUT2D eigenvalue weighted by atomic mass is 19.3. The highest BCUT2D eigenvalue weighted by Gasteiger charge is 2.41. The minimum absolute atomic E-state index is 0.134. The second-order valence-electron chi connectivity index (χ2n) is 6.36. The fourth-order valence-corrected chi connectivity index (χ4v) is 3.43. The normalized spacial score (nSPS) is 35.6. The lowest BCUT2D eigenvalue weighted by molar-refractivity contribution is -0.0523. The van der Waals surface area contributed by atoms with E-state index in [1.165, 1.54) is 19.3 Å². The summed E-state index contributed by atoms with van der Waals surface area (Å²) in [7, 11) is 0. The van der Waals surface area contributed by atoms with Crippen LogP contribution in [0, 0.1) is 17.3 Å². The Labute approximate surface area is 91.4 Å². The van der Waals surface area contributed by atoms with Crippen LogP contribution in [0.5, 0.6) is 0 Å². The summed E-state index contributed by atoms with van der Waals surface area (Å²) in [5.74, 6) is -1.03. The second-order valence-corrected chi connectivity index (χ2v) is 6.36. The van der Waals surface area contributed by atoms with Gasteiger partial charge in [0.05, 0.1) is 0 Å². The van der Waals surface area contributed by atoms with Gasteiger partial charge in [-0.05, 0) is 49.4 Å². The van der Waals surface area contributed by atoms with Crippen LogP contribution in [0.3, 0.4) is 0 Å². The number of alkyl halides is 2. The maximum atomic E-state index is 13.0. The van der Waals surface area contributed by atoms with Crippen LogP contribution in [0.15, 0.2) is 0 Å². The van der Waals surface area contributed by atoms with E-state index in [0.29, 0.717) is 11.3 Å². The lowest BCUT2D eigenvalue weighted by Gasteiger charge is -2.32. The van der Waals surface area contributed by atoms with Crippen LogP contribution in [-0.2, 0) is 0 Å². The first-order chi connectivity index (χ1) is 6.88. The summed E-state index contributed by atoms with van der Waals surface area (Å²) in [6.07, 6.45) is 5.59. The van der Waals surface area contributed by atoms with Crippen molar-refractivity contribution in [3.63, 3.8) is 0 Å². The summed E-state index contributed by atoms with van der Waals surface area (Å²) in [4.78, 5) is 0. The van der Waals surface area contributed by atoms with Gasteiger partial charge in [-0.15, -0.1) is 0 Å². The zero-order chi connectivity index (χ0) is 11.1. The van der Waals surface area contributed by atoms with Gasteiger partial charge in [-0.2, -0.15) is 0 Å². The van der Waals surface area contributed by atoms with Crippen molar-refractivity contribution in [1.82, 2.24) is 0 Å². The molecular weight excluding hydrogens is 194 g/mol. The lowest BCUT2D eigenvalue weighted by atomic mass is 9.76. The molecule has 0 aliphatic heterocycles. The molecule has 0 spiro atoms. The summed E-state index contributed by atoms with van der Waals surface area (Å²) in [6, 6.07) is 0. The van der Waals surface area contributed by atoms with E-state index in [1.54, 1.807) is 0 Å². The third kappa shape index (κ3) is 2.70. The van der Waals surface area contributed by atoms with Gasteiger partial charge in [-0.25, -0.2) is 8.78 Å². The zero-order valence-electron chi connectivity index (χ0n) is 9.86. The van der Waals surface area contributed by atoms with E-state index in [-0.39, 0.29) is 12.8 Å². The summed E-state index contributed by atoms with van der Waals surface area (Å²) in [6.45, 7) is 4.62. The maximum Gasteiger partial charge on any atom is 0.248 e. The van der Waals surface area contributed by atoms with Crippen molar-refractivity contribution in [3.05, 3.63) is 0 Å². The van der Waals surface area contributed by atoms with Gasteiger partial charge in [0, 0.05) is 12.8 Å². The quantitative estimate of drug-likeness (QED) is 0.599. The standard InChI is InChI=1S/C13H22F2/c1-12(2)6-3-11(9-12)10-4-7-13(14,15)8-5-10/h10-11H,3-9H2,1-2H3. The Kier molecular flexibility index (Phi) is 2.81. The van der Waals surface area contributed by atoms with E-state index in [0.717, 1.165) is 18.8 Å². The van der Waals surface area contributed by atoms with Crippen molar-refractivity contribution in [2.75, 3.05) is 0 Å². The van der Waals surface area contributed by atoms with E-state index >= 15 is 0 Å². The Morgan fingerprint density at radius 1 is 0.867 bits per heavy atom. The minimum Gasteiger partial charge on any atom is -0.207 e. The molecule has 0 heterocycles. The molecule has 88 valence electrons. The van der Waals surface area contributed by atoms with Crippen LogP contribution in [0.2, 0.25) is 0 Å². The predicted molar refractivity (Wildman–Crippen MR) is 58.0 cm³/mol. The molecule has 0 radical (unpaired) electrons. The average Bonchev–Trinajstić information content (AvgIpc) is 2.46. The summed E-state index contributed by atoms with van der Waals surface area (Å²) >= 11 is 0. The van der Waals surface area contributed by atoms with E-state index in [4.69, 9.17) is 0 Å². The summed E-state index contributed by atoms with van der Waals surface area (Å²) in [5, 5.41) is 0. The van der Waals surface area contributed by atoms with Gasteiger partial charge in [-0.1, -0.05) is 13.8 Å².